The van der Waals surface area contributed by atoms with Gasteiger partial charge in [-0.05, 0) is 37.1 Å². The minimum absolute atomic E-state index is 0.742. The van der Waals surface area contributed by atoms with Crippen LogP contribution in [0.15, 0.2) is 35.2 Å². The zero-order chi connectivity index (χ0) is 10.7. The van der Waals surface area contributed by atoms with E-state index in [1.54, 1.807) is 12.5 Å². The number of anilines is 1. The van der Waals surface area contributed by atoms with Crippen molar-refractivity contribution in [1.29, 1.82) is 0 Å². The molecule has 0 saturated heterocycles. The highest BCUT2D eigenvalue weighted by Crippen LogP contribution is 2.14. The van der Waals surface area contributed by atoms with Crippen LogP contribution < -0.4 is 5.32 Å². The Hall–Kier alpha value is -1.77. The van der Waals surface area contributed by atoms with Gasteiger partial charge in [0.25, 0.3) is 0 Å². The van der Waals surface area contributed by atoms with Crippen molar-refractivity contribution in [3.8, 4) is 0 Å². The molecule has 0 saturated carbocycles. The van der Waals surface area contributed by atoms with Gasteiger partial charge in [-0.3, -0.25) is 0 Å². The molecule has 3 heteroatoms. The minimum Gasteiger partial charge on any atom is -0.381 e. The van der Waals surface area contributed by atoms with E-state index in [1.165, 1.54) is 11.1 Å². The second-order valence-electron chi connectivity index (χ2n) is 3.76. The average Bonchev–Trinajstić information content (AvgIpc) is 2.65. The Morgan fingerprint density at radius 1 is 1.20 bits per heavy atom. The lowest BCUT2D eigenvalue weighted by molar-refractivity contribution is 0.419. The van der Waals surface area contributed by atoms with Gasteiger partial charge in [0.15, 0.2) is 0 Å². The molecule has 78 valence electrons. The standard InChI is InChI=1S/C12H14N2O/c1-9-3-10(2)5-12(4-9)13-6-11-7-14-15-8-11/h3-5,7-8,13H,6H2,1-2H3. The highest BCUT2D eigenvalue weighted by molar-refractivity contribution is 5.48. The zero-order valence-electron chi connectivity index (χ0n) is 8.95. The molecule has 0 aliphatic carbocycles. The third-order valence-corrected chi connectivity index (χ3v) is 2.20. The number of benzene rings is 1. The second-order valence-corrected chi connectivity index (χ2v) is 3.76. The van der Waals surface area contributed by atoms with Gasteiger partial charge in [-0.2, -0.15) is 0 Å². The van der Waals surface area contributed by atoms with Gasteiger partial charge in [-0.25, -0.2) is 0 Å². The normalized spacial score (nSPS) is 10.3. The highest BCUT2D eigenvalue weighted by atomic mass is 16.5. The molecule has 15 heavy (non-hydrogen) atoms. The molecule has 0 unspecified atom stereocenters. The molecule has 1 aromatic heterocycles. The van der Waals surface area contributed by atoms with Crippen LogP contribution >= 0.6 is 0 Å². The fourth-order valence-corrected chi connectivity index (χ4v) is 1.59. The molecule has 0 amide bonds. The van der Waals surface area contributed by atoms with Crippen molar-refractivity contribution in [2.24, 2.45) is 0 Å². The smallest absolute Gasteiger partial charge is 0.128 e. The van der Waals surface area contributed by atoms with E-state index < -0.39 is 0 Å². The van der Waals surface area contributed by atoms with E-state index in [-0.39, 0.29) is 0 Å². The summed E-state index contributed by atoms with van der Waals surface area (Å²) >= 11 is 0. The molecule has 1 aromatic carbocycles. The highest BCUT2D eigenvalue weighted by Gasteiger charge is 1.97. The van der Waals surface area contributed by atoms with E-state index in [9.17, 15) is 0 Å². The maximum Gasteiger partial charge on any atom is 0.128 e. The monoisotopic (exact) mass is 202 g/mol. The minimum atomic E-state index is 0.742. The van der Waals surface area contributed by atoms with Crippen LogP contribution in [-0.2, 0) is 6.54 Å². The predicted octanol–water partition coefficient (Wildman–Crippen LogP) is 2.90. The lowest BCUT2D eigenvalue weighted by atomic mass is 10.1. The van der Waals surface area contributed by atoms with Crippen LogP contribution in [0.25, 0.3) is 0 Å². The van der Waals surface area contributed by atoms with Crippen LogP contribution in [-0.4, -0.2) is 5.16 Å². The van der Waals surface area contributed by atoms with Crippen molar-refractivity contribution in [2.45, 2.75) is 20.4 Å². The summed E-state index contributed by atoms with van der Waals surface area (Å²) in [4.78, 5) is 0. The van der Waals surface area contributed by atoms with Gasteiger partial charge in [0.2, 0.25) is 0 Å². The second kappa shape index (κ2) is 4.17. The summed E-state index contributed by atoms with van der Waals surface area (Å²) in [6.07, 6.45) is 3.37. The first-order valence-corrected chi connectivity index (χ1v) is 4.94. The lowest BCUT2D eigenvalue weighted by Crippen LogP contribution is -1.98. The molecule has 0 spiro atoms. The van der Waals surface area contributed by atoms with Crippen molar-refractivity contribution >= 4 is 5.69 Å². The third kappa shape index (κ3) is 2.59. The van der Waals surface area contributed by atoms with E-state index in [0.29, 0.717) is 0 Å². The molecule has 0 aliphatic rings. The average molecular weight is 202 g/mol. The Morgan fingerprint density at radius 2 is 1.93 bits per heavy atom. The maximum absolute atomic E-state index is 4.76. The summed E-state index contributed by atoms with van der Waals surface area (Å²) in [7, 11) is 0. The summed E-state index contributed by atoms with van der Waals surface area (Å²) < 4.78 is 4.76. The first-order valence-electron chi connectivity index (χ1n) is 4.94. The molecule has 0 aliphatic heterocycles. The first kappa shape index (κ1) is 9.77. The molecule has 0 fully saturated rings. The molecule has 2 rings (SSSR count). The zero-order valence-corrected chi connectivity index (χ0v) is 8.95. The van der Waals surface area contributed by atoms with E-state index in [1.807, 2.05) is 0 Å². The molecular weight excluding hydrogens is 188 g/mol. The Morgan fingerprint density at radius 3 is 2.53 bits per heavy atom. The van der Waals surface area contributed by atoms with Crippen LogP contribution in [0.3, 0.4) is 0 Å². The number of rotatable bonds is 3. The Balaban J connectivity index is 2.05. The van der Waals surface area contributed by atoms with Crippen LogP contribution in [0.5, 0.6) is 0 Å². The topological polar surface area (TPSA) is 38.1 Å². The quantitative estimate of drug-likeness (QED) is 0.831. The van der Waals surface area contributed by atoms with Crippen molar-refractivity contribution in [3.63, 3.8) is 0 Å². The van der Waals surface area contributed by atoms with Gasteiger partial charge in [0.05, 0.1) is 6.20 Å². The van der Waals surface area contributed by atoms with E-state index in [0.717, 1.165) is 17.8 Å². The molecule has 2 aromatic rings. The van der Waals surface area contributed by atoms with Crippen molar-refractivity contribution in [1.82, 2.24) is 5.16 Å². The molecule has 3 nitrogen and oxygen atoms in total. The van der Waals surface area contributed by atoms with Crippen LogP contribution in [0.4, 0.5) is 5.69 Å². The number of aromatic nitrogens is 1. The number of hydrogen-bond donors (Lipinski definition) is 1. The molecular formula is C12H14N2O. The molecule has 1 N–H and O–H groups in total. The summed E-state index contributed by atoms with van der Waals surface area (Å²) in [5.41, 5.74) is 4.72. The van der Waals surface area contributed by atoms with Crippen molar-refractivity contribution in [3.05, 3.63) is 47.3 Å². The molecule has 1 heterocycles. The SMILES string of the molecule is Cc1cc(C)cc(NCc2cnoc2)c1. The summed E-state index contributed by atoms with van der Waals surface area (Å²) in [5, 5.41) is 6.98. The van der Waals surface area contributed by atoms with Crippen molar-refractivity contribution in [2.75, 3.05) is 5.32 Å². The summed E-state index contributed by atoms with van der Waals surface area (Å²) in [6, 6.07) is 6.41. The molecule has 0 atom stereocenters. The lowest BCUT2D eigenvalue weighted by Gasteiger charge is -2.06. The number of nitrogens with zero attached hydrogens (tertiary/aromatic N) is 1. The van der Waals surface area contributed by atoms with Gasteiger partial charge in [0, 0.05) is 17.8 Å². The Kier molecular flexibility index (Phi) is 2.72. The number of aryl methyl sites for hydroxylation is 2. The van der Waals surface area contributed by atoms with E-state index in [2.05, 4.69) is 42.5 Å². The van der Waals surface area contributed by atoms with Gasteiger partial charge in [-0.15, -0.1) is 0 Å². The fraction of sp³-hybridized carbons (Fsp3) is 0.250. The van der Waals surface area contributed by atoms with E-state index in [4.69, 9.17) is 4.52 Å². The largest absolute Gasteiger partial charge is 0.381 e. The Bertz CT molecular complexity index is 415. The number of nitrogens with one attached hydrogen (secondary N) is 1. The van der Waals surface area contributed by atoms with Crippen LogP contribution in [0.1, 0.15) is 16.7 Å². The van der Waals surface area contributed by atoms with Crippen LogP contribution in [0, 0.1) is 13.8 Å². The number of hydrogen-bond acceptors (Lipinski definition) is 3. The molecule has 0 bridgehead atoms. The summed E-state index contributed by atoms with van der Waals surface area (Å²) in [6.45, 7) is 4.93. The van der Waals surface area contributed by atoms with Crippen molar-refractivity contribution < 1.29 is 4.52 Å². The van der Waals surface area contributed by atoms with Gasteiger partial charge < -0.3 is 9.84 Å². The maximum atomic E-state index is 4.76. The van der Waals surface area contributed by atoms with Gasteiger partial charge in [0.1, 0.15) is 6.26 Å². The first-order chi connectivity index (χ1) is 7.24. The Labute approximate surface area is 89.1 Å². The molecule has 0 radical (unpaired) electrons. The van der Waals surface area contributed by atoms with Gasteiger partial charge >= 0.3 is 0 Å². The third-order valence-electron chi connectivity index (χ3n) is 2.20. The summed E-state index contributed by atoms with van der Waals surface area (Å²) in [5.74, 6) is 0. The fourth-order valence-electron chi connectivity index (χ4n) is 1.59. The van der Waals surface area contributed by atoms with Crippen LogP contribution in [0.2, 0.25) is 0 Å². The van der Waals surface area contributed by atoms with E-state index >= 15 is 0 Å². The van der Waals surface area contributed by atoms with Gasteiger partial charge in [-0.1, -0.05) is 11.2 Å². The predicted molar refractivity (Wildman–Crippen MR) is 59.7 cm³/mol.